The number of carbonyl (C=O) groups is 2. The van der Waals surface area contributed by atoms with Gasteiger partial charge in [0.1, 0.15) is 0 Å². The molecule has 0 atom stereocenters. The number of nitro benzene ring substituents is 1. The van der Waals surface area contributed by atoms with Crippen molar-refractivity contribution in [2.45, 2.75) is 18.9 Å². The zero-order valence-corrected chi connectivity index (χ0v) is 9.99. The second kappa shape index (κ2) is 5.34. The summed E-state index contributed by atoms with van der Waals surface area (Å²) < 4.78 is 0. The van der Waals surface area contributed by atoms with Crippen molar-refractivity contribution in [1.29, 1.82) is 0 Å². The molecule has 8 nitrogen and oxygen atoms in total. The number of hydrogen-bond donors (Lipinski definition) is 3. The minimum atomic E-state index is -2.16. The first-order chi connectivity index (χ1) is 8.83. The van der Waals surface area contributed by atoms with Crippen molar-refractivity contribution in [1.82, 2.24) is 0 Å². The second-order valence-electron chi connectivity index (χ2n) is 3.80. The molecule has 0 bridgehead atoms. The highest BCUT2D eigenvalue weighted by Crippen LogP contribution is 2.22. The molecule has 0 radical (unpaired) electrons. The highest BCUT2D eigenvalue weighted by molar-refractivity contribution is 6.06. The summed E-state index contributed by atoms with van der Waals surface area (Å²) in [5, 5.41) is 30.9. The smallest absolute Gasteiger partial charge is 0.341 e. The van der Waals surface area contributed by atoms with E-state index in [4.69, 9.17) is 10.2 Å². The lowest BCUT2D eigenvalue weighted by Crippen LogP contribution is -2.52. The van der Waals surface area contributed by atoms with Crippen LogP contribution in [0.2, 0.25) is 0 Å². The van der Waals surface area contributed by atoms with Gasteiger partial charge < -0.3 is 15.5 Å². The average molecular weight is 268 g/mol. The van der Waals surface area contributed by atoms with Crippen LogP contribution in [0.4, 0.5) is 11.4 Å². The van der Waals surface area contributed by atoms with Crippen molar-refractivity contribution >= 4 is 23.3 Å². The lowest BCUT2D eigenvalue weighted by Gasteiger charge is -2.25. The third-order valence-electron chi connectivity index (χ3n) is 2.70. The molecule has 8 heteroatoms. The third-order valence-corrected chi connectivity index (χ3v) is 2.70. The molecule has 0 fully saturated rings. The average Bonchev–Trinajstić information content (AvgIpc) is 2.35. The third kappa shape index (κ3) is 2.79. The molecule has 0 aliphatic heterocycles. The molecule has 0 saturated carbocycles. The largest absolute Gasteiger partial charge is 0.479 e. The van der Waals surface area contributed by atoms with Crippen LogP contribution in [0.5, 0.6) is 0 Å². The Balaban J connectivity index is 3.07. The Labute approximate surface area is 107 Å². The van der Waals surface area contributed by atoms with E-state index in [-0.39, 0.29) is 17.8 Å². The van der Waals surface area contributed by atoms with Crippen molar-refractivity contribution in [3.63, 3.8) is 0 Å². The van der Waals surface area contributed by atoms with Crippen LogP contribution in [0.1, 0.15) is 13.3 Å². The number of nitrogens with one attached hydrogen (secondary N) is 1. The van der Waals surface area contributed by atoms with Crippen LogP contribution in [0.25, 0.3) is 0 Å². The van der Waals surface area contributed by atoms with Crippen LogP contribution in [0.15, 0.2) is 24.3 Å². The molecule has 0 heterocycles. The van der Waals surface area contributed by atoms with E-state index in [0.29, 0.717) is 0 Å². The van der Waals surface area contributed by atoms with Gasteiger partial charge >= 0.3 is 11.9 Å². The van der Waals surface area contributed by atoms with E-state index < -0.39 is 22.4 Å². The Morgan fingerprint density at radius 3 is 2.05 bits per heavy atom. The van der Waals surface area contributed by atoms with E-state index in [1.807, 2.05) is 0 Å². The van der Waals surface area contributed by atoms with Crippen LogP contribution < -0.4 is 5.32 Å². The lowest BCUT2D eigenvalue weighted by atomic mass is 9.96. The van der Waals surface area contributed by atoms with Crippen LogP contribution in [-0.4, -0.2) is 32.6 Å². The van der Waals surface area contributed by atoms with E-state index in [1.54, 1.807) is 0 Å². The SMILES string of the molecule is CCC(Nc1ccc([N+](=O)[O-])cc1)(C(=O)O)C(=O)O. The van der Waals surface area contributed by atoms with Gasteiger partial charge in [-0.25, -0.2) is 9.59 Å². The Kier molecular flexibility index (Phi) is 4.05. The van der Waals surface area contributed by atoms with Crippen molar-refractivity contribution in [2.24, 2.45) is 0 Å². The summed E-state index contributed by atoms with van der Waals surface area (Å²) in [5.41, 5.74) is -2.15. The van der Waals surface area contributed by atoms with Gasteiger partial charge in [0, 0.05) is 17.8 Å². The standard InChI is InChI=1S/C11H12N2O6/c1-2-11(9(14)15,10(16)17)12-7-3-5-8(6-4-7)13(18)19/h3-6,12H,2H2,1H3,(H,14,15)(H,16,17). The minimum absolute atomic E-state index is 0.168. The maximum absolute atomic E-state index is 11.1. The first-order valence-corrected chi connectivity index (χ1v) is 5.33. The molecule has 102 valence electrons. The zero-order chi connectivity index (χ0) is 14.6. The van der Waals surface area contributed by atoms with Crippen LogP contribution in [-0.2, 0) is 9.59 Å². The Morgan fingerprint density at radius 2 is 1.74 bits per heavy atom. The summed E-state index contributed by atoms with van der Waals surface area (Å²) in [6.07, 6.45) is -0.186. The van der Waals surface area contributed by atoms with Gasteiger partial charge in [0.15, 0.2) is 0 Å². The topological polar surface area (TPSA) is 130 Å². The zero-order valence-electron chi connectivity index (χ0n) is 9.99. The lowest BCUT2D eigenvalue weighted by molar-refractivity contribution is -0.384. The van der Waals surface area contributed by atoms with Gasteiger partial charge in [-0.2, -0.15) is 0 Å². The predicted molar refractivity (Wildman–Crippen MR) is 65.0 cm³/mol. The van der Waals surface area contributed by atoms with Gasteiger partial charge in [0.2, 0.25) is 5.54 Å². The number of carboxylic acid groups (broad SMARTS) is 2. The van der Waals surface area contributed by atoms with Crippen molar-refractivity contribution < 1.29 is 24.7 Å². The second-order valence-corrected chi connectivity index (χ2v) is 3.80. The van der Waals surface area contributed by atoms with Gasteiger partial charge in [-0.1, -0.05) is 6.92 Å². The fraction of sp³-hybridized carbons (Fsp3) is 0.273. The van der Waals surface area contributed by atoms with Gasteiger partial charge in [-0.05, 0) is 18.6 Å². The van der Waals surface area contributed by atoms with Gasteiger partial charge in [0.25, 0.3) is 5.69 Å². The molecule has 0 spiro atoms. The molecular weight excluding hydrogens is 256 g/mol. The maximum atomic E-state index is 11.1. The summed E-state index contributed by atoms with van der Waals surface area (Å²) in [5.74, 6) is -3.05. The van der Waals surface area contributed by atoms with Gasteiger partial charge in [0.05, 0.1) is 4.92 Å². The molecule has 0 saturated heterocycles. The molecule has 0 unspecified atom stereocenters. The van der Waals surface area contributed by atoms with Crippen molar-refractivity contribution in [3.8, 4) is 0 Å². The van der Waals surface area contributed by atoms with Crippen molar-refractivity contribution in [3.05, 3.63) is 34.4 Å². The predicted octanol–water partition coefficient (Wildman–Crippen LogP) is 1.32. The molecule has 0 amide bonds. The highest BCUT2D eigenvalue weighted by Gasteiger charge is 2.45. The normalized spacial score (nSPS) is 10.8. The summed E-state index contributed by atoms with van der Waals surface area (Å²) in [4.78, 5) is 32.1. The van der Waals surface area contributed by atoms with Crippen LogP contribution >= 0.6 is 0 Å². The number of anilines is 1. The molecule has 1 rings (SSSR count). The molecule has 0 aromatic heterocycles. The number of nitro groups is 1. The van der Waals surface area contributed by atoms with Crippen LogP contribution in [0, 0.1) is 10.1 Å². The number of carboxylic acids is 2. The minimum Gasteiger partial charge on any atom is -0.479 e. The molecular formula is C11H12N2O6. The molecule has 0 aliphatic carbocycles. The Bertz CT molecular complexity index is 496. The fourth-order valence-electron chi connectivity index (χ4n) is 1.50. The molecule has 1 aromatic carbocycles. The number of nitrogens with zero attached hydrogens (tertiary/aromatic N) is 1. The maximum Gasteiger partial charge on any atom is 0.341 e. The number of benzene rings is 1. The van der Waals surface area contributed by atoms with Crippen LogP contribution in [0.3, 0.4) is 0 Å². The summed E-state index contributed by atoms with van der Waals surface area (Å²) >= 11 is 0. The number of non-ortho nitro benzene ring substituents is 1. The van der Waals surface area contributed by atoms with E-state index in [0.717, 1.165) is 12.1 Å². The summed E-state index contributed by atoms with van der Waals surface area (Å²) in [6.45, 7) is 1.42. The Hall–Kier alpha value is -2.64. The van der Waals surface area contributed by atoms with Gasteiger partial charge in [-0.3, -0.25) is 10.1 Å². The monoisotopic (exact) mass is 268 g/mol. The van der Waals surface area contributed by atoms with E-state index in [1.165, 1.54) is 19.1 Å². The number of rotatable bonds is 6. The van der Waals surface area contributed by atoms with Gasteiger partial charge in [-0.15, -0.1) is 0 Å². The molecule has 0 aliphatic rings. The molecule has 1 aromatic rings. The highest BCUT2D eigenvalue weighted by atomic mass is 16.6. The van der Waals surface area contributed by atoms with E-state index in [9.17, 15) is 19.7 Å². The first-order valence-electron chi connectivity index (χ1n) is 5.33. The van der Waals surface area contributed by atoms with E-state index in [2.05, 4.69) is 5.32 Å². The fourth-order valence-corrected chi connectivity index (χ4v) is 1.50. The first kappa shape index (κ1) is 14.4. The molecule has 19 heavy (non-hydrogen) atoms. The number of hydrogen-bond acceptors (Lipinski definition) is 5. The van der Waals surface area contributed by atoms with Crippen molar-refractivity contribution in [2.75, 3.05) is 5.32 Å². The summed E-state index contributed by atoms with van der Waals surface area (Å²) in [7, 11) is 0. The Morgan fingerprint density at radius 1 is 1.26 bits per heavy atom. The molecule has 3 N–H and O–H groups in total. The quantitative estimate of drug-likeness (QED) is 0.403. The van der Waals surface area contributed by atoms with E-state index >= 15 is 0 Å². The summed E-state index contributed by atoms with van der Waals surface area (Å²) in [6, 6.07) is 4.84. The number of aliphatic carboxylic acids is 2.